The summed E-state index contributed by atoms with van der Waals surface area (Å²) in [6.45, 7) is 4.23. The summed E-state index contributed by atoms with van der Waals surface area (Å²) >= 11 is 0. The fourth-order valence-corrected chi connectivity index (χ4v) is 3.41. The molecule has 0 unspecified atom stereocenters. The Labute approximate surface area is 131 Å². The largest absolute Gasteiger partial charge is 0.478 e. The molecular weight excluding hydrogens is 274 g/mol. The lowest BCUT2D eigenvalue weighted by Crippen LogP contribution is -2.09. The van der Waals surface area contributed by atoms with Gasteiger partial charge in [-0.1, -0.05) is 39.2 Å². The van der Waals surface area contributed by atoms with Crippen LogP contribution in [0.5, 0.6) is 0 Å². The molecule has 0 atom stereocenters. The standard InChI is InChI=1S/C19H23NO2/c1-12(2)14-8-9-17-15(10-14)16(19(21)22)11-18(20-17)13-6-4-3-5-7-13/h8-13H,3-7H2,1-2H3,(H,21,22). The number of nitrogens with zero attached hydrogens (tertiary/aromatic N) is 1. The maximum absolute atomic E-state index is 11.7. The van der Waals surface area contributed by atoms with E-state index in [2.05, 4.69) is 19.9 Å². The molecule has 0 amide bonds. The van der Waals surface area contributed by atoms with Crippen LogP contribution in [0.1, 0.15) is 79.4 Å². The number of benzene rings is 1. The normalized spacial score (nSPS) is 16.3. The molecule has 3 nitrogen and oxygen atoms in total. The Morgan fingerprint density at radius 2 is 1.91 bits per heavy atom. The van der Waals surface area contributed by atoms with E-state index in [0.29, 0.717) is 17.4 Å². The molecule has 3 rings (SSSR count). The number of pyridine rings is 1. The molecule has 116 valence electrons. The number of carbonyl (C=O) groups is 1. The lowest BCUT2D eigenvalue weighted by atomic mass is 9.85. The summed E-state index contributed by atoms with van der Waals surface area (Å²) < 4.78 is 0. The summed E-state index contributed by atoms with van der Waals surface area (Å²) in [6.07, 6.45) is 5.98. The zero-order valence-corrected chi connectivity index (χ0v) is 13.3. The molecule has 1 aliphatic carbocycles. The Kier molecular flexibility index (Phi) is 4.14. The van der Waals surface area contributed by atoms with Gasteiger partial charge in [0.05, 0.1) is 11.1 Å². The molecule has 1 fully saturated rings. The number of aromatic nitrogens is 1. The first-order chi connectivity index (χ1) is 10.6. The number of carboxylic acids is 1. The molecule has 1 saturated carbocycles. The van der Waals surface area contributed by atoms with Gasteiger partial charge in [0.2, 0.25) is 0 Å². The van der Waals surface area contributed by atoms with Gasteiger partial charge in [-0.3, -0.25) is 4.98 Å². The highest BCUT2D eigenvalue weighted by Crippen LogP contribution is 2.34. The Bertz CT molecular complexity index is 700. The van der Waals surface area contributed by atoms with Gasteiger partial charge in [0.25, 0.3) is 0 Å². The van der Waals surface area contributed by atoms with Gasteiger partial charge in [-0.05, 0) is 42.5 Å². The summed E-state index contributed by atoms with van der Waals surface area (Å²) in [5.74, 6) is -0.0598. The van der Waals surface area contributed by atoms with Crippen LogP contribution in [-0.2, 0) is 0 Å². The summed E-state index contributed by atoms with van der Waals surface area (Å²) in [4.78, 5) is 16.5. The van der Waals surface area contributed by atoms with Gasteiger partial charge >= 0.3 is 5.97 Å². The molecule has 0 bridgehead atoms. The number of hydrogen-bond donors (Lipinski definition) is 1. The predicted octanol–water partition coefficient (Wildman–Crippen LogP) is 5.10. The predicted molar refractivity (Wildman–Crippen MR) is 88.6 cm³/mol. The van der Waals surface area contributed by atoms with Crippen LogP contribution < -0.4 is 0 Å². The quantitative estimate of drug-likeness (QED) is 0.857. The second-order valence-corrected chi connectivity index (χ2v) is 6.67. The van der Waals surface area contributed by atoms with E-state index in [1.165, 1.54) is 19.3 Å². The first-order valence-electron chi connectivity index (χ1n) is 8.24. The van der Waals surface area contributed by atoms with Crippen LogP contribution >= 0.6 is 0 Å². The lowest BCUT2D eigenvalue weighted by Gasteiger charge is -2.22. The molecule has 3 heteroatoms. The molecule has 2 aromatic rings. The van der Waals surface area contributed by atoms with E-state index in [0.717, 1.165) is 35.0 Å². The van der Waals surface area contributed by atoms with E-state index in [9.17, 15) is 9.90 Å². The van der Waals surface area contributed by atoms with Crippen molar-refractivity contribution in [2.24, 2.45) is 0 Å². The Balaban J connectivity index is 2.13. The van der Waals surface area contributed by atoms with Crippen molar-refractivity contribution in [1.29, 1.82) is 0 Å². The highest BCUT2D eigenvalue weighted by molar-refractivity contribution is 6.02. The number of aromatic carboxylic acids is 1. The summed E-state index contributed by atoms with van der Waals surface area (Å²) in [6, 6.07) is 7.84. The molecular formula is C19H23NO2. The zero-order valence-electron chi connectivity index (χ0n) is 13.3. The third-order valence-electron chi connectivity index (χ3n) is 4.77. The Morgan fingerprint density at radius 3 is 2.55 bits per heavy atom. The third kappa shape index (κ3) is 2.85. The summed E-state index contributed by atoms with van der Waals surface area (Å²) in [5.41, 5.74) is 3.32. The van der Waals surface area contributed by atoms with Gasteiger partial charge in [-0.15, -0.1) is 0 Å². The SMILES string of the molecule is CC(C)c1ccc2nc(C3CCCCC3)cc(C(=O)O)c2c1. The molecule has 0 radical (unpaired) electrons. The van der Waals surface area contributed by atoms with Crippen molar-refractivity contribution in [1.82, 2.24) is 4.98 Å². The fourth-order valence-electron chi connectivity index (χ4n) is 3.41. The summed E-state index contributed by atoms with van der Waals surface area (Å²) in [5, 5.41) is 10.4. The van der Waals surface area contributed by atoms with E-state index in [1.54, 1.807) is 0 Å². The highest BCUT2D eigenvalue weighted by atomic mass is 16.4. The van der Waals surface area contributed by atoms with E-state index in [4.69, 9.17) is 4.98 Å². The molecule has 22 heavy (non-hydrogen) atoms. The molecule has 1 heterocycles. The summed E-state index contributed by atoms with van der Waals surface area (Å²) in [7, 11) is 0. The van der Waals surface area contributed by atoms with Crippen LogP contribution in [0.4, 0.5) is 0 Å². The van der Waals surface area contributed by atoms with Crippen molar-refractivity contribution in [2.45, 2.75) is 57.8 Å². The molecule has 1 aliphatic rings. The number of hydrogen-bond acceptors (Lipinski definition) is 2. The molecule has 0 spiro atoms. The van der Waals surface area contributed by atoms with E-state index >= 15 is 0 Å². The molecule has 0 saturated heterocycles. The van der Waals surface area contributed by atoms with Crippen molar-refractivity contribution < 1.29 is 9.90 Å². The monoisotopic (exact) mass is 297 g/mol. The van der Waals surface area contributed by atoms with Crippen LogP contribution in [0.25, 0.3) is 10.9 Å². The van der Waals surface area contributed by atoms with Crippen LogP contribution in [0, 0.1) is 0 Å². The highest BCUT2D eigenvalue weighted by Gasteiger charge is 2.20. The van der Waals surface area contributed by atoms with Crippen LogP contribution in [0.15, 0.2) is 24.3 Å². The van der Waals surface area contributed by atoms with Gasteiger partial charge in [0, 0.05) is 17.0 Å². The molecule has 1 aromatic heterocycles. The average molecular weight is 297 g/mol. The van der Waals surface area contributed by atoms with Crippen LogP contribution in [-0.4, -0.2) is 16.1 Å². The minimum absolute atomic E-state index is 0.379. The van der Waals surface area contributed by atoms with Gasteiger partial charge < -0.3 is 5.11 Å². The van der Waals surface area contributed by atoms with Crippen LogP contribution in [0.2, 0.25) is 0 Å². The minimum Gasteiger partial charge on any atom is -0.478 e. The maximum Gasteiger partial charge on any atom is 0.336 e. The van der Waals surface area contributed by atoms with E-state index in [-0.39, 0.29) is 0 Å². The Hall–Kier alpha value is -1.90. The van der Waals surface area contributed by atoms with Crippen molar-refractivity contribution >= 4 is 16.9 Å². The van der Waals surface area contributed by atoms with Crippen molar-refractivity contribution in [3.05, 3.63) is 41.1 Å². The first kappa shape index (κ1) is 15.0. The molecule has 1 aromatic carbocycles. The van der Waals surface area contributed by atoms with Gasteiger partial charge in [-0.2, -0.15) is 0 Å². The van der Waals surface area contributed by atoms with Crippen molar-refractivity contribution in [3.63, 3.8) is 0 Å². The second-order valence-electron chi connectivity index (χ2n) is 6.67. The molecule has 0 aliphatic heterocycles. The van der Waals surface area contributed by atoms with Gasteiger partial charge in [0.1, 0.15) is 0 Å². The number of carboxylic acid groups (broad SMARTS) is 1. The smallest absolute Gasteiger partial charge is 0.336 e. The van der Waals surface area contributed by atoms with Gasteiger partial charge in [0.15, 0.2) is 0 Å². The maximum atomic E-state index is 11.7. The van der Waals surface area contributed by atoms with E-state index < -0.39 is 5.97 Å². The number of rotatable bonds is 3. The van der Waals surface area contributed by atoms with E-state index in [1.807, 2.05) is 18.2 Å². The minimum atomic E-state index is -0.856. The number of fused-ring (bicyclic) bond motifs is 1. The second kappa shape index (κ2) is 6.07. The van der Waals surface area contributed by atoms with Gasteiger partial charge in [-0.25, -0.2) is 4.79 Å². The average Bonchev–Trinajstić information content (AvgIpc) is 2.53. The van der Waals surface area contributed by atoms with Crippen molar-refractivity contribution in [2.75, 3.05) is 0 Å². The lowest BCUT2D eigenvalue weighted by molar-refractivity contribution is 0.0698. The van der Waals surface area contributed by atoms with Crippen LogP contribution in [0.3, 0.4) is 0 Å². The first-order valence-corrected chi connectivity index (χ1v) is 8.24. The molecule has 1 N–H and O–H groups in total. The zero-order chi connectivity index (χ0) is 15.7. The Morgan fingerprint density at radius 1 is 1.18 bits per heavy atom. The topological polar surface area (TPSA) is 50.2 Å². The third-order valence-corrected chi connectivity index (χ3v) is 4.77. The fraction of sp³-hybridized carbons (Fsp3) is 0.474. The van der Waals surface area contributed by atoms with Crippen molar-refractivity contribution in [3.8, 4) is 0 Å².